The molecule has 2 nitrogen and oxygen atoms in total. The van der Waals surface area contributed by atoms with Gasteiger partial charge < -0.3 is 10.2 Å². The summed E-state index contributed by atoms with van der Waals surface area (Å²) < 4.78 is 51.2. The zero-order valence-corrected chi connectivity index (χ0v) is 12.8. The van der Waals surface area contributed by atoms with E-state index in [1.165, 1.54) is 24.3 Å². The van der Waals surface area contributed by atoms with Crippen LogP contribution in [0.4, 0.5) is 23.2 Å². The first kappa shape index (κ1) is 17.2. The summed E-state index contributed by atoms with van der Waals surface area (Å²) in [6.45, 7) is -1.15. The Morgan fingerprint density at radius 1 is 1.00 bits per heavy atom. The number of hydrogen-bond acceptors (Lipinski definition) is 1. The van der Waals surface area contributed by atoms with E-state index in [1.807, 2.05) is 0 Å². The van der Waals surface area contributed by atoms with Crippen molar-refractivity contribution >= 4 is 23.0 Å². The molecule has 0 radical (unpaired) electrons. The van der Waals surface area contributed by atoms with Crippen molar-refractivity contribution in [3.63, 3.8) is 0 Å². The topological polar surface area (TPSA) is 15.3 Å². The normalized spacial score (nSPS) is 11.1. The van der Waals surface area contributed by atoms with E-state index in [9.17, 15) is 17.6 Å². The highest BCUT2D eigenvalue weighted by atomic mass is 32.1. The van der Waals surface area contributed by atoms with Crippen LogP contribution in [0.25, 0.3) is 0 Å². The standard InChI is InChI=1S/C16H14F4N2S/c17-13-6-8-14(9-7-13)21-15(23)22(11-16(18,19)20)10-12-4-2-1-3-5-12/h1-9H,10-11H2,(H,21,23). The van der Waals surface area contributed by atoms with E-state index < -0.39 is 18.5 Å². The molecule has 7 heteroatoms. The minimum Gasteiger partial charge on any atom is -0.336 e. The van der Waals surface area contributed by atoms with Crippen LogP contribution >= 0.6 is 12.2 Å². The summed E-state index contributed by atoms with van der Waals surface area (Å²) >= 11 is 5.08. The summed E-state index contributed by atoms with van der Waals surface area (Å²) in [4.78, 5) is 1.02. The van der Waals surface area contributed by atoms with Crippen LogP contribution < -0.4 is 5.32 Å². The van der Waals surface area contributed by atoms with Gasteiger partial charge in [-0.25, -0.2) is 4.39 Å². The maximum absolute atomic E-state index is 12.9. The van der Waals surface area contributed by atoms with Gasteiger partial charge in [-0.2, -0.15) is 13.2 Å². The van der Waals surface area contributed by atoms with E-state index in [1.54, 1.807) is 30.3 Å². The summed E-state index contributed by atoms with van der Waals surface area (Å²) in [6, 6.07) is 14.0. The van der Waals surface area contributed by atoms with Crippen LogP contribution in [0, 0.1) is 5.82 Å². The Morgan fingerprint density at radius 2 is 1.61 bits per heavy atom. The lowest BCUT2D eigenvalue weighted by atomic mass is 10.2. The van der Waals surface area contributed by atoms with Gasteiger partial charge in [-0.3, -0.25) is 0 Å². The van der Waals surface area contributed by atoms with Gasteiger partial charge >= 0.3 is 6.18 Å². The SMILES string of the molecule is Fc1ccc(NC(=S)N(Cc2ccccc2)CC(F)(F)F)cc1. The zero-order chi connectivity index (χ0) is 16.9. The highest BCUT2D eigenvalue weighted by molar-refractivity contribution is 7.80. The van der Waals surface area contributed by atoms with Crippen molar-refractivity contribution in [3.05, 3.63) is 66.0 Å². The molecule has 0 atom stereocenters. The first-order chi connectivity index (χ1) is 10.8. The fourth-order valence-corrected chi connectivity index (χ4v) is 2.20. The molecule has 0 fully saturated rings. The third-order valence-electron chi connectivity index (χ3n) is 2.97. The number of rotatable bonds is 4. The number of benzene rings is 2. The summed E-state index contributed by atoms with van der Waals surface area (Å²) in [5.41, 5.74) is 1.14. The monoisotopic (exact) mass is 342 g/mol. The zero-order valence-electron chi connectivity index (χ0n) is 12.0. The smallest absolute Gasteiger partial charge is 0.336 e. The van der Waals surface area contributed by atoms with E-state index in [4.69, 9.17) is 12.2 Å². The minimum atomic E-state index is -4.39. The van der Waals surface area contributed by atoms with Crippen LogP contribution in [-0.4, -0.2) is 22.7 Å². The summed E-state index contributed by atoms with van der Waals surface area (Å²) in [5, 5.41) is 2.63. The third kappa shape index (κ3) is 5.86. The molecule has 1 N–H and O–H groups in total. The molecule has 0 saturated heterocycles. The molecule has 2 aromatic carbocycles. The van der Waals surface area contributed by atoms with Gasteiger partial charge in [-0.1, -0.05) is 30.3 Å². The van der Waals surface area contributed by atoms with Crippen LogP contribution in [0.2, 0.25) is 0 Å². The number of halogens is 4. The van der Waals surface area contributed by atoms with Gasteiger partial charge in [-0.15, -0.1) is 0 Å². The second-order valence-corrected chi connectivity index (χ2v) is 5.28. The Balaban J connectivity index is 2.11. The lowest BCUT2D eigenvalue weighted by molar-refractivity contribution is -0.138. The van der Waals surface area contributed by atoms with Crippen molar-refractivity contribution in [1.29, 1.82) is 0 Å². The van der Waals surface area contributed by atoms with Crippen molar-refractivity contribution in [2.75, 3.05) is 11.9 Å². The average molecular weight is 342 g/mol. The molecule has 0 aliphatic carbocycles. The van der Waals surface area contributed by atoms with Crippen LogP contribution in [0.1, 0.15) is 5.56 Å². The predicted octanol–water partition coefficient (Wildman–Crippen LogP) is 4.59. The summed E-state index contributed by atoms with van der Waals surface area (Å²) in [7, 11) is 0. The second kappa shape index (κ2) is 7.41. The van der Waals surface area contributed by atoms with Gasteiger partial charge in [-0.05, 0) is 42.0 Å². The van der Waals surface area contributed by atoms with Gasteiger partial charge in [0.1, 0.15) is 12.4 Å². The number of nitrogens with one attached hydrogen (secondary N) is 1. The molecule has 0 aromatic heterocycles. The van der Waals surface area contributed by atoms with Gasteiger partial charge in [0, 0.05) is 12.2 Å². The minimum absolute atomic E-state index is 0.0212. The van der Waals surface area contributed by atoms with Crippen molar-refractivity contribution in [2.24, 2.45) is 0 Å². The van der Waals surface area contributed by atoms with Crippen LogP contribution in [0.5, 0.6) is 0 Å². The summed E-state index contributed by atoms with van der Waals surface area (Å²) in [5.74, 6) is -0.432. The van der Waals surface area contributed by atoms with Gasteiger partial charge in [0.15, 0.2) is 5.11 Å². The van der Waals surface area contributed by atoms with Gasteiger partial charge in [0.25, 0.3) is 0 Å². The molecule has 23 heavy (non-hydrogen) atoms. The largest absolute Gasteiger partial charge is 0.406 e. The van der Waals surface area contributed by atoms with E-state index in [-0.39, 0.29) is 11.7 Å². The van der Waals surface area contributed by atoms with Crippen LogP contribution in [-0.2, 0) is 6.54 Å². The second-order valence-electron chi connectivity index (χ2n) is 4.89. The van der Waals surface area contributed by atoms with Crippen LogP contribution in [0.3, 0.4) is 0 Å². The predicted molar refractivity (Wildman–Crippen MR) is 85.5 cm³/mol. The van der Waals surface area contributed by atoms with E-state index in [0.717, 1.165) is 4.90 Å². The third-order valence-corrected chi connectivity index (χ3v) is 3.33. The van der Waals surface area contributed by atoms with E-state index >= 15 is 0 Å². The van der Waals surface area contributed by atoms with Crippen molar-refractivity contribution in [2.45, 2.75) is 12.7 Å². The molecule has 0 unspecified atom stereocenters. The van der Waals surface area contributed by atoms with E-state index in [0.29, 0.717) is 11.3 Å². The summed E-state index contributed by atoms with van der Waals surface area (Å²) in [6.07, 6.45) is -4.39. The van der Waals surface area contributed by atoms with Crippen molar-refractivity contribution in [3.8, 4) is 0 Å². The molecule has 0 bridgehead atoms. The first-order valence-electron chi connectivity index (χ1n) is 6.76. The molecular weight excluding hydrogens is 328 g/mol. The molecular formula is C16H14F4N2S. The highest BCUT2D eigenvalue weighted by Crippen LogP contribution is 2.19. The Kier molecular flexibility index (Phi) is 5.54. The molecule has 0 aliphatic rings. The Morgan fingerprint density at radius 3 is 2.17 bits per heavy atom. The van der Waals surface area contributed by atoms with Crippen molar-refractivity contribution < 1.29 is 17.6 Å². The molecule has 2 rings (SSSR count). The maximum Gasteiger partial charge on any atom is 0.406 e. The number of anilines is 1. The van der Waals surface area contributed by atoms with Crippen LogP contribution in [0.15, 0.2) is 54.6 Å². The molecule has 0 amide bonds. The average Bonchev–Trinajstić information content (AvgIpc) is 2.48. The Hall–Kier alpha value is -2.15. The maximum atomic E-state index is 12.9. The Bertz CT molecular complexity index is 641. The molecule has 0 heterocycles. The molecule has 0 aliphatic heterocycles. The fourth-order valence-electron chi connectivity index (χ4n) is 1.96. The molecule has 2 aromatic rings. The fraction of sp³-hybridized carbons (Fsp3) is 0.188. The van der Waals surface area contributed by atoms with Gasteiger partial charge in [0.2, 0.25) is 0 Å². The van der Waals surface area contributed by atoms with E-state index in [2.05, 4.69) is 5.32 Å². The number of hydrogen-bond donors (Lipinski definition) is 1. The first-order valence-corrected chi connectivity index (χ1v) is 7.16. The lowest BCUT2D eigenvalue weighted by Crippen LogP contribution is -2.40. The highest BCUT2D eigenvalue weighted by Gasteiger charge is 2.32. The Labute approximate surface area is 136 Å². The van der Waals surface area contributed by atoms with Gasteiger partial charge in [0.05, 0.1) is 0 Å². The molecule has 122 valence electrons. The lowest BCUT2D eigenvalue weighted by Gasteiger charge is -2.27. The quantitative estimate of drug-likeness (QED) is 0.646. The number of nitrogens with zero attached hydrogens (tertiary/aromatic N) is 1. The number of alkyl halides is 3. The van der Waals surface area contributed by atoms with Crippen molar-refractivity contribution in [1.82, 2.24) is 4.90 Å². The molecule has 0 saturated carbocycles. The molecule has 0 spiro atoms. The number of thiocarbonyl (C=S) groups is 1.